The first-order chi connectivity index (χ1) is 15.7. The molecule has 10 heteroatoms. The third kappa shape index (κ3) is 4.24. The van der Waals surface area contributed by atoms with Crippen molar-refractivity contribution in [1.29, 1.82) is 0 Å². The summed E-state index contributed by atoms with van der Waals surface area (Å²) in [5, 5.41) is 2.66. The second-order valence-electron chi connectivity index (χ2n) is 8.34. The first-order valence-corrected chi connectivity index (χ1v) is 10.4. The molecule has 2 bridgehead atoms. The number of carbonyl (C=O) groups excluding carboxylic acids is 2. The van der Waals surface area contributed by atoms with E-state index in [-0.39, 0.29) is 36.7 Å². The van der Waals surface area contributed by atoms with Gasteiger partial charge in [0.05, 0.1) is 12.6 Å². The fourth-order valence-corrected chi connectivity index (χ4v) is 4.75. The molecule has 0 saturated carbocycles. The van der Waals surface area contributed by atoms with Crippen LogP contribution in [0.3, 0.4) is 0 Å². The summed E-state index contributed by atoms with van der Waals surface area (Å²) in [6.07, 6.45) is -2.14. The molecule has 2 aromatic rings. The lowest BCUT2D eigenvalue weighted by atomic mass is 9.99. The van der Waals surface area contributed by atoms with Crippen molar-refractivity contribution in [3.05, 3.63) is 65.5 Å². The van der Waals surface area contributed by atoms with Crippen LogP contribution in [0.1, 0.15) is 17.5 Å². The number of carbonyl (C=O) groups is 2. The highest BCUT2D eigenvalue weighted by atomic mass is 19.4. The van der Waals surface area contributed by atoms with E-state index >= 15 is 0 Å². The Bertz CT molecular complexity index is 1160. The molecule has 1 saturated heterocycles. The van der Waals surface area contributed by atoms with Gasteiger partial charge in [-0.15, -0.1) is 13.2 Å². The maximum atomic E-state index is 13.6. The normalized spacial score (nSPS) is 21.6. The van der Waals surface area contributed by atoms with Crippen molar-refractivity contribution >= 4 is 23.2 Å². The maximum Gasteiger partial charge on any atom is 0.573 e. The van der Waals surface area contributed by atoms with Crippen molar-refractivity contribution in [3.8, 4) is 5.75 Å². The number of hydrogen-bond donors (Lipinski definition) is 1. The standard InChI is InChI=1S/C23H19F4N3O3/c24-16-4-5-19-15(8-16)11-29(22(32)28-19)12-21(31)30-10-13-6-18(20(30)7-13)14-2-1-3-17(9-14)33-23(25,26)27/h1-6,8-9,13,20H,7,10-12H2,(H,28,32)/t13-,20-/m1/s1. The summed E-state index contributed by atoms with van der Waals surface area (Å²) in [5.74, 6) is -0.936. The Kier molecular flexibility index (Phi) is 5.02. The van der Waals surface area contributed by atoms with Crippen molar-refractivity contribution in [2.24, 2.45) is 5.92 Å². The predicted molar refractivity (Wildman–Crippen MR) is 111 cm³/mol. The topological polar surface area (TPSA) is 61.9 Å². The summed E-state index contributed by atoms with van der Waals surface area (Å²) >= 11 is 0. The minimum absolute atomic E-state index is 0.0890. The van der Waals surface area contributed by atoms with E-state index in [9.17, 15) is 27.2 Å². The van der Waals surface area contributed by atoms with Gasteiger partial charge in [0, 0.05) is 12.2 Å². The molecule has 3 amide bonds. The lowest BCUT2D eigenvalue weighted by molar-refractivity contribution is -0.274. The molecular weight excluding hydrogens is 442 g/mol. The molecule has 0 aromatic heterocycles. The van der Waals surface area contributed by atoms with Gasteiger partial charge in [-0.05, 0) is 59.4 Å². The third-order valence-corrected chi connectivity index (χ3v) is 6.11. The molecule has 1 N–H and O–H groups in total. The molecule has 33 heavy (non-hydrogen) atoms. The van der Waals surface area contributed by atoms with E-state index in [4.69, 9.17) is 0 Å². The quantitative estimate of drug-likeness (QED) is 0.688. The zero-order chi connectivity index (χ0) is 23.3. The molecule has 0 unspecified atom stereocenters. The van der Waals surface area contributed by atoms with Gasteiger partial charge in [-0.2, -0.15) is 0 Å². The lowest BCUT2D eigenvalue weighted by Gasteiger charge is -2.33. The molecule has 6 nitrogen and oxygen atoms in total. The van der Waals surface area contributed by atoms with Crippen molar-refractivity contribution in [3.63, 3.8) is 0 Å². The monoisotopic (exact) mass is 461 g/mol. The second-order valence-corrected chi connectivity index (χ2v) is 8.34. The minimum atomic E-state index is -4.79. The fourth-order valence-electron chi connectivity index (χ4n) is 4.75. The smallest absolute Gasteiger partial charge is 0.406 e. The van der Waals surface area contributed by atoms with E-state index in [1.807, 2.05) is 6.08 Å². The summed E-state index contributed by atoms with van der Waals surface area (Å²) < 4.78 is 55.4. The van der Waals surface area contributed by atoms with E-state index < -0.39 is 18.2 Å². The molecule has 0 radical (unpaired) electrons. The number of rotatable bonds is 4. The van der Waals surface area contributed by atoms with Crippen molar-refractivity contribution in [2.75, 3.05) is 18.4 Å². The van der Waals surface area contributed by atoms with Crippen molar-refractivity contribution in [1.82, 2.24) is 9.80 Å². The molecule has 0 spiro atoms. The zero-order valence-corrected chi connectivity index (χ0v) is 17.2. The zero-order valence-electron chi connectivity index (χ0n) is 17.2. The van der Waals surface area contributed by atoms with Crippen molar-refractivity contribution < 1.29 is 31.9 Å². The molecule has 1 aliphatic carbocycles. The van der Waals surface area contributed by atoms with Crippen LogP contribution in [0.5, 0.6) is 5.75 Å². The molecule has 2 aliphatic heterocycles. The predicted octanol–water partition coefficient (Wildman–Crippen LogP) is 4.39. The largest absolute Gasteiger partial charge is 0.573 e. The van der Waals surface area contributed by atoms with Gasteiger partial charge in [-0.25, -0.2) is 9.18 Å². The van der Waals surface area contributed by atoms with E-state index in [1.54, 1.807) is 11.0 Å². The molecule has 1 fully saturated rings. The SMILES string of the molecule is O=C1Nc2ccc(F)cc2CN1CC(=O)N1C[C@@H]2C=C(c3cccc(OC(F)(F)F)c3)[C@H]1C2. The van der Waals surface area contributed by atoms with Crippen LogP contribution in [0.25, 0.3) is 5.57 Å². The maximum absolute atomic E-state index is 13.6. The Hall–Kier alpha value is -3.56. The van der Waals surface area contributed by atoms with Crippen molar-refractivity contribution in [2.45, 2.75) is 25.4 Å². The van der Waals surface area contributed by atoms with Gasteiger partial charge in [0.1, 0.15) is 18.1 Å². The van der Waals surface area contributed by atoms with Crippen LogP contribution in [0, 0.1) is 11.7 Å². The van der Waals surface area contributed by atoms with Crippen LogP contribution in [0.15, 0.2) is 48.5 Å². The number of urea groups is 1. The number of hydrogen-bond acceptors (Lipinski definition) is 3. The average Bonchev–Trinajstić information content (AvgIpc) is 3.35. The Balaban J connectivity index is 1.30. The number of benzene rings is 2. The van der Waals surface area contributed by atoms with E-state index in [2.05, 4.69) is 10.1 Å². The number of amides is 3. The number of anilines is 1. The Morgan fingerprint density at radius 1 is 1.18 bits per heavy atom. The van der Waals surface area contributed by atoms with Gasteiger partial charge < -0.3 is 19.9 Å². The summed E-state index contributed by atoms with van der Waals surface area (Å²) in [5.41, 5.74) is 2.41. The highest BCUT2D eigenvalue weighted by Crippen LogP contribution is 2.42. The third-order valence-electron chi connectivity index (χ3n) is 6.11. The first-order valence-electron chi connectivity index (χ1n) is 10.4. The Morgan fingerprint density at radius 3 is 2.76 bits per heavy atom. The van der Waals surface area contributed by atoms with Gasteiger partial charge >= 0.3 is 12.4 Å². The van der Waals surface area contributed by atoms with Crippen LogP contribution in [0.4, 0.5) is 28.0 Å². The Morgan fingerprint density at radius 2 is 2.00 bits per heavy atom. The van der Waals surface area contributed by atoms with Crippen LogP contribution in [-0.2, 0) is 11.3 Å². The fraction of sp³-hybridized carbons (Fsp3) is 0.304. The van der Waals surface area contributed by atoms with Crippen LogP contribution in [0.2, 0.25) is 0 Å². The van der Waals surface area contributed by atoms with Gasteiger partial charge in [0.2, 0.25) is 5.91 Å². The molecule has 2 heterocycles. The van der Waals surface area contributed by atoms with E-state index in [1.165, 1.54) is 41.3 Å². The summed E-state index contributed by atoms with van der Waals surface area (Å²) in [4.78, 5) is 28.5. The number of nitrogens with zero attached hydrogens (tertiary/aromatic N) is 2. The Labute approximate surface area is 186 Å². The minimum Gasteiger partial charge on any atom is -0.406 e. The van der Waals surface area contributed by atoms with Gasteiger partial charge in [-0.3, -0.25) is 4.79 Å². The van der Waals surface area contributed by atoms with Crippen LogP contribution >= 0.6 is 0 Å². The first kappa shape index (κ1) is 21.3. The molecular formula is C23H19F4N3O3. The second kappa shape index (κ2) is 7.79. The summed E-state index contributed by atoms with van der Waals surface area (Å²) in [6.45, 7) is 0.397. The molecule has 3 aliphatic rings. The number of nitrogens with one attached hydrogen (secondary N) is 1. The highest BCUT2D eigenvalue weighted by molar-refractivity contribution is 5.95. The van der Waals surface area contributed by atoms with Gasteiger partial charge in [-0.1, -0.05) is 18.2 Å². The number of alkyl halides is 3. The number of likely N-dealkylation sites (tertiary alicyclic amines) is 1. The number of ether oxygens (including phenoxy) is 1. The van der Waals surface area contributed by atoms with E-state index in [0.717, 1.165) is 5.57 Å². The van der Waals surface area contributed by atoms with Gasteiger partial charge in [0.15, 0.2) is 0 Å². The summed E-state index contributed by atoms with van der Waals surface area (Å²) in [7, 11) is 0. The highest BCUT2D eigenvalue weighted by Gasteiger charge is 2.42. The lowest BCUT2D eigenvalue weighted by Crippen LogP contribution is -2.48. The van der Waals surface area contributed by atoms with Crippen LogP contribution < -0.4 is 10.1 Å². The molecule has 172 valence electrons. The number of halogens is 4. The number of fused-ring (bicyclic) bond motifs is 3. The molecule has 5 rings (SSSR count). The van der Waals surface area contributed by atoms with Crippen LogP contribution in [-0.4, -0.2) is 47.2 Å². The summed E-state index contributed by atoms with van der Waals surface area (Å²) in [6, 6.07) is 9.02. The molecule has 2 aromatic carbocycles. The van der Waals surface area contributed by atoms with Gasteiger partial charge in [0.25, 0.3) is 0 Å². The van der Waals surface area contributed by atoms with E-state index in [0.29, 0.717) is 29.8 Å². The average molecular weight is 461 g/mol. The molecule has 2 atom stereocenters.